The van der Waals surface area contributed by atoms with E-state index in [1.807, 2.05) is 47.0 Å². The van der Waals surface area contributed by atoms with Crippen LogP contribution in [-0.2, 0) is 6.42 Å². The molecule has 22 heavy (non-hydrogen) atoms. The number of aromatic nitrogens is 3. The van der Waals surface area contributed by atoms with Crippen molar-refractivity contribution in [2.24, 2.45) is 0 Å². The molecule has 0 saturated heterocycles. The molecule has 0 radical (unpaired) electrons. The summed E-state index contributed by atoms with van der Waals surface area (Å²) in [7, 11) is 0. The lowest BCUT2D eigenvalue weighted by Gasteiger charge is -2.04. The zero-order chi connectivity index (χ0) is 15.9. The molecule has 0 amide bonds. The Morgan fingerprint density at radius 3 is 2.86 bits per heavy atom. The van der Waals surface area contributed by atoms with Gasteiger partial charge in [0.05, 0.1) is 9.26 Å². The molecule has 0 aliphatic heterocycles. The van der Waals surface area contributed by atoms with Crippen LogP contribution in [0.3, 0.4) is 0 Å². The van der Waals surface area contributed by atoms with Gasteiger partial charge in [-0.3, -0.25) is 9.20 Å². The van der Waals surface area contributed by atoms with E-state index < -0.39 is 0 Å². The first-order valence-electron chi connectivity index (χ1n) is 6.88. The first-order chi connectivity index (χ1) is 10.5. The molecule has 0 spiro atoms. The van der Waals surface area contributed by atoms with Gasteiger partial charge in [0.25, 0.3) is 0 Å². The summed E-state index contributed by atoms with van der Waals surface area (Å²) in [4.78, 5) is 21.4. The van der Waals surface area contributed by atoms with Crippen LogP contribution in [0.4, 0.5) is 0 Å². The summed E-state index contributed by atoms with van der Waals surface area (Å²) in [5, 5.41) is 9.59. The van der Waals surface area contributed by atoms with Crippen molar-refractivity contribution in [3.63, 3.8) is 0 Å². The molecule has 3 aromatic rings. The van der Waals surface area contributed by atoms with E-state index in [0.717, 1.165) is 11.3 Å². The highest BCUT2D eigenvalue weighted by atomic mass is 127. The highest BCUT2D eigenvalue weighted by Crippen LogP contribution is 2.23. The number of halogens is 1. The number of aryl methyl sites for hydroxylation is 2. The number of benzene rings is 1. The Morgan fingerprint density at radius 1 is 1.41 bits per heavy atom. The van der Waals surface area contributed by atoms with Gasteiger partial charge < -0.3 is 5.11 Å². The van der Waals surface area contributed by atoms with E-state index in [-0.39, 0.29) is 11.5 Å². The second kappa shape index (κ2) is 5.68. The number of phenols is 1. The molecule has 0 atom stereocenters. The van der Waals surface area contributed by atoms with Crippen LogP contribution in [0.5, 0.6) is 5.75 Å². The minimum Gasteiger partial charge on any atom is -0.507 e. The second-order valence-electron chi connectivity index (χ2n) is 5.06. The van der Waals surface area contributed by atoms with Crippen molar-refractivity contribution in [3.8, 4) is 5.75 Å². The Balaban J connectivity index is 2.16. The molecule has 112 valence electrons. The summed E-state index contributed by atoms with van der Waals surface area (Å²) in [5.74, 6) is 0.539. The number of fused-ring (bicyclic) bond motifs is 1. The van der Waals surface area contributed by atoms with E-state index in [2.05, 4.69) is 9.97 Å². The molecular formula is C16H14IN3O2. The summed E-state index contributed by atoms with van der Waals surface area (Å²) in [6, 6.07) is 4.81. The number of rotatable bonds is 3. The topological polar surface area (TPSA) is 67.5 Å². The predicted octanol–water partition coefficient (Wildman–Crippen LogP) is 3.14. The van der Waals surface area contributed by atoms with Gasteiger partial charge in [-0.2, -0.15) is 0 Å². The molecular weight excluding hydrogens is 393 g/mol. The number of aromatic hydroxyl groups is 1. The fourth-order valence-electron chi connectivity index (χ4n) is 2.38. The van der Waals surface area contributed by atoms with Crippen LogP contribution < -0.4 is 0 Å². The van der Waals surface area contributed by atoms with Gasteiger partial charge in [-0.1, -0.05) is 6.92 Å². The number of imidazole rings is 1. The van der Waals surface area contributed by atoms with Crippen molar-refractivity contribution in [2.45, 2.75) is 20.3 Å². The van der Waals surface area contributed by atoms with Crippen molar-refractivity contribution in [1.29, 1.82) is 0 Å². The number of carbonyl (C=O) groups is 1. The van der Waals surface area contributed by atoms with Gasteiger partial charge >= 0.3 is 0 Å². The van der Waals surface area contributed by atoms with Crippen LogP contribution >= 0.6 is 22.6 Å². The third-order valence-electron chi connectivity index (χ3n) is 3.47. The lowest BCUT2D eigenvalue weighted by molar-refractivity contribution is 0.103. The van der Waals surface area contributed by atoms with E-state index in [4.69, 9.17) is 0 Å². The molecule has 1 N–H and O–H groups in total. The van der Waals surface area contributed by atoms with Crippen LogP contribution in [0.25, 0.3) is 5.78 Å². The van der Waals surface area contributed by atoms with E-state index in [1.165, 1.54) is 6.07 Å². The van der Waals surface area contributed by atoms with Gasteiger partial charge in [-0.05, 0) is 59.7 Å². The lowest BCUT2D eigenvalue weighted by Crippen LogP contribution is -2.06. The normalized spacial score (nSPS) is 11.0. The van der Waals surface area contributed by atoms with Crippen molar-refractivity contribution in [1.82, 2.24) is 14.4 Å². The maximum Gasteiger partial charge on any atom is 0.234 e. The quantitative estimate of drug-likeness (QED) is 0.535. The average molecular weight is 407 g/mol. The maximum atomic E-state index is 12.8. The van der Waals surface area contributed by atoms with Crippen LogP contribution in [0.15, 0.2) is 30.6 Å². The molecule has 0 saturated carbocycles. The average Bonchev–Trinajstić information content (AvgIpc) is 2.86. The van der Waals surface area contributed by atoms with Crippen molar-refractivity contribution >= 4 is 34.2 Å². The lowest BCUT2D eigenvalue weighted by atomic mass is 10.1. The van der Waals surface area contributed by atoms with Crippen molar-refractivity contribution < 1.29 is 9.90 Å². The summed E-state index contributed by atoms with van der Waals surface area (Å²) in [6.45, 7) is 3.94. The predicted molar refractivity (Wildman–Crippen MR) is 91.4 cm³/mol. The molecule has 1 aromatic carbocycles. The van der Waals surface area contributed by atoms with Gasteiger partial charge in [0.1, 0.15) is 11.4 Å². The van der Waals surface area contributed by atoms with Gasteiger partial charge in [-0.15, -0.1) is 0 Å². The number of carbonyl (C=O) groups excluding carboxylic acids is 1. The molecule has 0 aliphatic carbocycles. The Bertz CT molecular complexity index is 886. The Labute approximate surface area is 141 Å². The fourth-order valence-corrected chi connectivity index (χ4v) is 2.90. The van der Waals surface area contributed by atoms with E-state index >= 15 is 0 Å². The Morgan fingerprint density at radius 2 is 2.18 bits per heavy atom. The maximum absolute atomic E-state index is 12.8. The zero-order valence-corrected chi connectivity index (χ0v) is 14.3. The van der Waals surface area contributed by atoms with Crippen molar-refractivity contribution in [3.05, 3.63) is 56.7 Å². The molecule has 3 rings (SSSR count). The van der Waals surface area contributed by atoms with E-state index in [0.29, 0.717) is 27.0 Å². The number of nitrogens with zero attached hydrogens (tertiary/aromatic N) is 3. The molecule has 0 bridgehead atoms. The van der Waals surface area contributed by atoms with E-state index in [9.17, 15) is 9.90 Å². The number of hydrogen-bond donors (Lipinski definition) is 1. The van der Waals surface area contributed by atoms with Crippen LogP contribution in [-0.4, -0.2) is 25.3 Å². The molecule has 6 heteroatoms. The molecule has 2 aromatic heterocycles. The SMILES string of the molecule is CCc1c(C(=O)c2ccc(O)c(I)c2)nc2ncc(C)cn12. The van der Waals surface area contributed by atoms with Crippen LogP contribution in [0, 0.1) is 10.5 Å². The molecule has 0 fully saturated rings. The van der Waals surface area contributed by atoms with Crippen LogP contribution in [0.2, 0.25) is 0 Å². The number of hydrogen-bond acceptors (Lipinski definition) is 4. The molecule has 0 unspecified atom stereocenters. The first kappa shape index (κ1) is 15.0. The Hall–Kier alpha value is -1.96. The third kappa shape index (κ3) is 2.47. The van der Waals surface area contributed by atoms with Gasteiger partial charge in [0, 0.05) is 18.0 Å². The number of phenolic OH excluding ortho intramolecular Hbond substituents is 1. The molecule has 2 heterocycles. The molecule has 0 aliphatic rings. The minimum absolute atomic E-state index is 0.155. The summed E-state index contributed by atoms with van der Waals surface area (Å²) >= 11 is 2.00. The van der Waals surface area contributed by atoms with Gasteiger partial charge in [0.15, 0.2) is 0 Å². The summed E-state index contributed by atoms with van der Waals surface area (Å²) in [5.41, 5.74) is 2.79. The second-order valence-corrected chi connectivity index (χ2v) is 6.22. The largest absolute Gasteiger partial charge is 0.507 e. The standard InChI is InChI=1S/C16H14IN3O2/c1-3-12-14(19-16-18-7-9(2)8-20(12)16)15(22)10-4-5-13(21)11(17)6-10/h4-8,21H,3H2,1-2H3. The summed E-state index contributed by atoms with van der Waals surface area (Å²) < 4.78 is 2.51. The van der Waals surface area contributed by atoms with Gasteiger partial charge in [-0.25, -0.2) is 9.97 Å². The zero-order valence-electron chi connectivity index (χ0n) is 12.2. The summed E-state index contributed by atoms with van der Waals surface area (Å²) in [6.07, 6.45) is 4.35. The number of ketones is 1. The third-order valence-corrected chi connectivity index (χ3v) is 4.33. The fraction of sp³-hybridized carbons (Fsp3) is 0.188. The smallest absolute Gasteiger partial charge is 0.234 e. The first-order valence-corrected chi connectivity index (χ1v) is 7.96. The Kier molecular flexibility index (Phi) is 3.86. The highest BCUT2D eigenvalue weighted by Gasteiger charge is 2.20. The van der Waals surface area contributed by atoms with Gasteiger partial charge in [0.2, 0.25) is 11.6 Å². The monoisotopic (exact) mass is 407 g/mol. The van der Waals surface area contributed by atoms with Crippen molar-refractivity contribution in [2.75, 3.05) is 0 Å². The minimum atomic E-state index is -0.155. The van der Waals surface area contributed by atoms with E-state index in [1.54, 1.807) is 18.3 Å². The molecule has 5 nitrogen and oxygen atoms in total. The van der Waals surface area contributed by atoms with Crippen LogP contribution in [0.1, 0.15) is 34.2 Å². The highest BCUT2D eigenvalue weighted by molar-refractivity contribution is 14.1.